The van der Waals surface area contributed by atoms with Crippen molar-refractivity contribution in [1.29, 1.82) is 0 Å². The summed E-state index contributed by atoms with van der Waals surface area (Å²) in [6, 6.07) is 7.69. The predicted molar refractivity (Wildman–Crippen MR) is 65.6 cm³/mol. The third-order valence-corrected chi connectivity index (χ3v) is 3.72. The second-order valence-electron chi connectivity index (χ2n) is 5.10. The molecule has 6 heteroatoms. The third-order valence-electron chi connectivity index (χ3n) is 3.72. The lowest BCUT2D eigenvalue weighted by atomic mass is 10.1. The van der Waals surface area contributed by atoms with E-state index in [4.69, 9.17) is 0 Å². The molecule has 0 radical (unpaired) electrons. The Morgan fingerprint density at radius 3 is 2.47 bits per heavy atom. The van der Waals surface area contributed by atoms with E-state index in [2.05, 4.69) is 15.4 Å². The van der Waals surface area contributed by atoms with E-state index in [0.29, 0.717) is 5.82 Å². The van der Waals surface area contributed by atoms with Crippen LogP contribution in [0, 0.1) is 18.8 Å². The molecule has 1 aromatic heterocycles. The van der Waals surface area contributed by atoms with Gasteiger partial charge in [0, 0.05) is 11.5 Å². The molecule has 0 amide bonds. The Bertz CT molecular complexity index is 591. The number of tetrazole rings is 1. The minimum atomic E-state index is -2.59. The first-order valence-corrected chi connectivity index (χ1v) is 6.21. The molecule has 100 valence electrons. The van der Waals surface area contributed by atoms with Gasteiger partial charge in [-0.2, -0.15) is 4.80 Å². The fourth-order valence-corrected chi connectivity index (χ4v) is 2.15. The van der Waals surface area contributed by atoms with Gasteiger partial charge in [-0.05, 0) is 12.1 Å². The van der Waals surface area contributed by atoms with Crippen LogP contribution in [0.15, 0.2) is 24.3 Å². The number of hydrogen-bond donors (Lipinski definition) is 0. The Kier molecular flexibility index (Phi) is 2.62. The SMILES string of the molecule is Cc1ccc(-c2nnn(C[C@@H]3[C@@H](C)C3(F)F)n2)cc1. The Balaban J connectivity index is 1.75. The van der Waals surface area contributed by atoms with Crippen LogP contribution in [0.25, 0.3) is 11.4 Å². The van der Waals surface area contributed by atoms with E-state index in [9.17, 15) is 8.78 Å². The van der Waals surface area contributed by atoms with Crippen LogP contribution >= 0.6 is 0 Å². The number of hydrogen-bond acceptors (Lipinski definition) is 3. The van der Waals surface area contributed by atoms with Crippen molar-refractivity contribution in [3.63, 3.8) is 0 Å². The summed E-state index contributed by atoms with van der Waals surface area (Å²) in [7, 11) is 0. The lowest BCUT2D eigenvalue weighted by Gasteiger charge is -1.97. The normalized spacial score (nSPS) is 24.4. The number of halogens is 2. The molecular formula is C13H14F2N4. The van der Waals surface area contributed by atoms with E-state index in [1.807, 2.05) is 31.2 Å². The number of aromatic nitrogens is 4. The molecule has 0 aliphatic heterocycles. The van der Waals surface area contributed by atoms with E-state index in [-0.39, 0.29) is 6.54 Å². The molecule has 0 N–H and O–H groups in total. The van der Waals surface area contributed by atoms with Gasteiger partial charge in [0.25, 0.3) is 5.92 Å². The summed E-state index contributed by atoms with van der Waals surface area (Å²) in [6.45, 7) is 3.65. The second-order valence-corrected chi connectivity index (χ2v) is 5.10. The van der Waals surface area contributed by atoms with Gasteiger partial charge in [-0.15, -0.1) is 10.2 Å². The number of rotatable bonds is 3. The predicted octanol–water partition coefficient (Wildman–Crippen LogP) is 2.55. The zero-order valence-corrected chi connectivity index (χ0v) is 10.7. The monoisotopic (exact) mass is 264 g/mol. The van der Waals surface area contributed by atoms with Crippen LogP contribution in [0.5, 0.6) is 0 Å². The highest BCUT2D eigenvalue weighted by Crippen LogP contribution is 2.55. The molecule has 2 aromatic rings. The highest BCUT2D eigenvalue weighted by atomic mass is 19.3. The van der Waals surface area contributed by atoms with Crippen molar-refractivity contribution in [2.75, 3.05) is 0 Å². The molecule has 2 atom stereocenters. The van der Waals surface area contributed by atoms with Gasteiger partial charge in [0.05, 0.1) is 12.5 Å². The number of aryl methyl sites for hydroxylation is 1. The van der Waals surface area contributed by atoms with Gasteiger partial charge in [-0.3, -0.25) is 0 Å². The standard InChI is InChI=1S/C13H14F2N4/c1-8-3-5-10(6-4-8)12-16-18-19(17-12)7-11-9(2)13(11,14)15/h3-6,9,11H,7H2,1-2H3/t9-,11-/m1/s1. The number of nitrogens with zero attached hydrogens (tertiary/aromatic N) is 4. The fourth-order valence-electron chi connectivity index (χ4n) is 2.15. The Morgan fingerprint density at radius 2 is 1.89 bits per heavy atom. The first kappa shape index (κ1) is 12.2. The maximum atomic E-state index is 13.2. The van der Waals surface area contributed by atoms with E-state index in [1.54, 1.807) is 6.92 Å². The molecule has 1 heterocycles. The van der Waals surface area contributed by atoms with Crippen LogP contribution in [0.1, 0.15) is 12.5 Å². The lowest BCUT2D eigenvalue weighted by molar-refractivity contribution is 0.0820. The highest BCUT2D eigenvalue weighted by molar-refractivity contribution is 5.53. The molecule has 1 fully saturated rings. The molecule has 19 heavy (non-hydrogen) atoms. The first-order chi connectivity index (χ1) is 8.98. The fraction of sp³-hybridized carbons (Fsp3) is 0.462. The van der Waals surface area contributed by atoms with Crippen molar-refractivity contribution < 1.29 is 8.78 Å². The van der Waals surface area contributed by atoms with Crippen molar-refractivity contribution in [3.8, 4) is 11.4 Å². The van der Waals surface area contributed by atoms with Gasteiger partial charge in [0.15, 0.2) is 0 Å². The van der Waals surface area contributed by atoms with E-state index in [1.165, 1.54) is 4.80 Å². The summed E-state index contributed by atoms with van der Waals surface area (Å²) in [5.41, 5.74) is 1.98. The smallest absolute Gasteiger partial charge is 0.206 e. The zero-order valence-electron chi connectivity index (χ0n) is 10.7. The number of alkyl halides is 2. The average Bonchev–Trinajstić information content (AvgIpc) is 2.77. The van der Waals surface area contributed by atoms with Crippen LogP contribution in [0.4, 0.5) is 8.78 Å². The minimum absolute atomic E-state index is 0.118. The summed E-state index contributed by atoms with van der Waals surface area (Å²) in [4.78, 5) is 1.26. The molecule has 0 saturated heterocycles. The molecule has 4 nitrogen and oxygen atoms in total. The second kappa shape index (κ2) is 4.08. The van der Waals surface area contributed by atoms with Gasteiger partial charge in [0.1, 0.15) is 0 Å². The summed E-state index contributed by atoms with van der Waals surface area (Å²) in [6.07, 6.45) is 0. The van der Waals surface area contributed by atoms with Crippen LogP contribution in [0.2, 0.25) is 0 Å². The van der Waals surface area contributed by atoms with E-state index < -0.39 is 17.8 Å². The Morgan fingerprint density at radius 1 is 1.26 bits per heavy atom. The van der Waals surface area contributed by atoms with Gasteiger partial charge in [0.2, 0.25) is 5.82 Å². The summed E-state index contributed by atoms with van der Waals surface area (Å²) < 4.78 is 26.3. The van der Waals surface area contributed by atoms with Crippen LogP contribution in [0.3, 0.4) is 0 Å². The van der Waals surface area contributed by atoms with Gasteiger partial charge in [-0.25, -0.2) is 8.78 Å². The van der Waals surface area contributed by atoms with Crippen LogP contribution in [-0.2, 0) is 6.54 Å². The average molecular weight is 264 g/mol. The van der Waals surface area contributed by atoms with Gasteiger partial charge < -0.3 is 0 Å². The maximum absolute atomic E-state index is 13.2. The summed E-state index contributed by atoms with van der Waals surface area (Å²) in [5.74, 6) is -3.39. The molecule has 0 bridgehead atoms. The van der Waals surface area contributed by atoms with Crippen molar-refractivity contribution in [2.45, 2.75) is 26.3 Å². The molecule has 0 spiro atoms. The summed E-state index contributed by atoms with van der Waals surface area (Å²) in [5, 5.41) is 11.9. The van der Waals surface area contributed by atoms with Crippen molar-refractivity contribution in [2.24, 2.45) is 11.8 Å². The minimum Gasteiger partial charge on any atom is -0.206 e. The molecule has 1 aromatic carbocycles. The molecule has 1 aliphatic carbocycles. The number of benzene rings is 1. The molecule has 1 saturated carbocycles. The van der Waals surface area contributed by atoms with Crippen LogP contribution in [-0.4, -0.2) is 26.1 Å². The van der Waals surface area contributed by atoms with Crippen molar-refractivity contribution in [1.82, 2.24) is 20.2 Å². The lowest BCUT2D eigenvalue weighted by Crippen LogP contribution is -2.08. The highest BCUT2D eigenvalue weighted by Gasteiger charge is 2.65. The molecule has 0 unspecified atom stereocenters. The van der Waals surface area contributed by atoms with Crippen molar-refractivity contribution >= 4 is 0 Å². The molecule has 1 aliphatic rings. The Labute approximate surface area is 109 Å². The quantitative estimate of drug-likeness (QED) is 0.855. The van der Waals surface area contributed by atoms with Gasteiger partial charge in [-0.1, -0.05) is 36.8 Å². The largest absolute Gasteiger partial charge is 0.256 e. The molecule has 3 rings (SSSR count). The third kappa shape index (κ3) is 2.11. The maximum Gasteiger partial charge on any atom is 0.256 e. The van der Waals surface area contributed by atoms with E-state index >= 15 is 0 Å². The topological polar surface area (TPSA) is 43.6 Å². The first-order valence-electron chi connectivity index (χ1n) is 6.21. The summed E-state index contributed by atoms with van der Waals surface area (Å²) >= 11 is 0. The molecular weight excluding hydrogens is 250 g/mol. The van der Waals surface area contributed by atoms with Gasteiger partial charge >= 0.3 is 0 Å². The Hall–Kier alpha value is -1.85. The van der Waals surface area contributed by atoms with E-state index in [0.717, 1.165) is 11.1 Å². The van der Waals surface area contributed by atoms with Crippen LogP contribution < -0.4 is 0 Å². The zero-order chi connectivity index (χ0) is 13.6. The van der Waals surface area contributed by atoms with Crippen molar-refractivity contribution in [3.05, 3.63) is 29.8 Å².